The normalized spacial score (nSPS) is 19.8. The van der Waals surface area contributed by atoms with Gasteiger partial charge in [-0.3, -0.25) is 4.79 Å². The number of morpholine rings is 1. The van der Waals surface area contributed by atoms with Crippen molar-refractivity contribution < 1.29 is 14.3 Å². The summed E-state index contributed by atoms with van der Waals surface area (Å²) in [4.78, 5) is 16.6. The molecule has 7 nitrogen and oxygen atoms in total. The number of aromatic nitrogens is 2. The fourth-order valence-electron chi connectivity index (χ4n) is 5.00. The molecule has 2 fully saturated rings. The number of nitrogens with one attached hydrogen (secondary N) is 1. The zero-order valence-corrected chi connectivity index (χ0v) is 20.6. The predicted molar refractivity (Wildman–Crippen MR) is 136 cm³/mol. The Balaban J connectivity index is 1.32. The van der Waals surface area contributed by atoms with Gasteiger partial charge in [0.1, 0.15) is 0 Å². The summed E-state index contributed by atoms with van der Waals surface area (Å²) in [7, 11) is 0. The molecule has 1 atom stereocenters. The molecule has 1 aromatic heterocycles. The van der Waals surface area contributed by atoms with Gasteiger partial charge in [0.25, 0.3) is 5.91 Å². The van der Waals surface area contributed by atoms with Crippen molar-refractivity contribution in [1.29, 1.82) is 0 Å². The van der Waals surface area contributed by atoms with Gasteiger partial charge in [-0.25, -0.2) is 4.68 Å². The van der Waals surface area contributed by atoms with Crippen LogP contribution in [0.1, 0.15) is 34.5 Å². The van der Waals surface area contributed by atoms with Crippen molar-refractivity contribution in [3.8, 4) is 16.9 Å². The van der Waals surface area contributed by atoms with Gasteiger partial charge in [0.2, 0.25) is 0 Å². The molecule has 0 saturated carbocycles. The van der Waals surface area contributed by atoms with E-state index in [1.54, 1.807) is 11.8 Å². The summed E-state index contributed by atoms with van der Waals surface area (Å²) < 4.78 is 13.0. The van der Waals surface area contributed by atoms with Crippen LogP contribution in [0.4, 0.5) is 0 Å². The van der Waals surface area contributed by atoms with Crippen molar-refractivity contribution in [3.05, 3.63) is 65.4 Å². The van der Waals surface area contributed by atoms with Crippen molar-refractivity contribution in [2.45, 2.75) is 36.1 Å². The number of carbonyl (C=O) groups is 1. The summed E-state index contributed by atoms with van der Waals surface area (Å²) in [5.74, 6) is 0.738. The SMILES string of the molecule is O=C(c1nn(-c2ccc(CNC3CCCOC3)cc2)c2c1CSc1ccccc1-2)N1CCOCC1. The van der Waals surface area contributed by atoms with E-state index in [2.05, 4.69) is 53.8 Å². The highest BCUT2D eigenvalue weighted by molar-refractivity contribution is 7.98. The average molecular weight is 491 g/mol. The molecule has 3 aliphatic heterocycles. The van der Waals surface area contributed by atoms with Crippen molar-refractivity contribution in [1.82, 2.24) is 20.0 Å². The minimum Gasteiger partial charge on any atom is -0.380 e. The molecule has 3 aromatic rings. The minimum atomic E-state index is -0.00111. The third-order valence-electron chi connectivity index (χ3n) is 6.93. The summed E-state index contributed by atoms with van der Waals surface area (Å²) in [6, 6.07) is 17.3. The predicted octanol–water partition coefficient (Wildman–Crippen LogP) is 3.89. The number of ether oxygens (including phenoxy) is 2. The van der Waals surface area contributed by atoms with Gasteiger partial charge in [-0.2, -0.15) is 5.10 Å². The summed E-state index contributed by atoms with van der Waals surface area (Å²) in [5, 5.41) is 8.53. The molecule has 1 unspecified atom stereocenters. The highest BCUT2D eigenvalue weighted by atomic mass is 32.2. The number of thioether (sulfide) groups is 1. The maximum atomic E-state index is 13.5. The van der Waals surface area contributed by atoms with Crippen molar-refractivity contribution in [2.24, 2.45) is 0 Å². The van der Waals surface area contributed by atoms with Gasteiger partial charge < -0.3 is 19.7 Å². The van der Waals surface area contributed by atoms with Crippen LogP contribution in [0, 0.1) is 0 Å². The van der Waals surface area contributed by atoms with Gasteiger partial charge in [0, 0.05) is 54.1 Å². The van der Waals surface area contributed by atoms with Crippen LogP contribution in [0.15, 0.2) is 53.4 Å². The van der Waals surface area contributed by atoms with E-state index in [1.807, 2.05) is 9.58 Å². The first-order chi connectivity index (χ1) is 17.3. The summed E-state index contributed by atoms with van der Waals surface area (Å²) >= 11 is 1.77. The second kappa shape index (κ2) is 10.1. The first-order valence-electron chi connectivity index (χ1n) is 12.4. The lowest BCUT2D eigenvalue weighted by atomic mass is 10.0. The smallest absolute Gasteiger partial charge is 0.274 e. The number of amides is 1. The molecular weight excluding hydrogens is 460 g/mol. The van der Waals surface area contributed by atoms with Gasteiger partial charge in [0.15, 0.2) is 5.69 Å². The zero-order chi connectivity index (χ0) is 23.6. The lowest BCUT2D eigenvalue weighted by Crippen LogP contribution is -2.41. The van der Waals surface area contributed by atoms with Crippen LogP contribution in [0.5, 0.6) is 0 Å². The summed E-state index contributed by atoms with van der Waals surface area (Å²) in [6.07, 6.45) is 2.28. The molecule has 0 radical (unpaired) electrons. The number of nitrogens with zero attached hydrogens (tertiary/aromatic N) is 3. The van der Waals surface area contributed by atoms with Crippen LogP contribution in [-0.2, 0) is 21.8 Å². The Hall–Kier alpha value is -2.65. The van der Waals surface area contributed by atoms with E-state index < -0.39 is 0 Å². The minimum absolute atomic E-state index is 0.00111. The van der Waals surface area contributed by atoms with E-state index in [0.717, 1.165) is 60.9 Å². The van der Waals surface area contributed by atoms with E-state index in [0.29, 0.717) is 38.0 Å². The van der Waals surface area contributed by atoms with Crippen molar-refractivity contribution >= 4 is 17.7 Å². The second-order valence-electron chi connectivity index (χ2n) is 9.24. The lowest BCUT2D eigenvalue weighted by Gasteiger charge is -2.26. The molecule has 1 amide bonds. The molecular formula is C27H30N4O3S. The highest BCUT2D eigenvalue weighted by Gasteiger charge is 2.31. The van der Waals surface area contributed by atoms with Crippen LogP contribution in [0.3, 0.4) is 0 Å². The molecule has 2 saturated heterocycles. The Morgan fingerprint density at radius 1 is 1.06 bits per heavy atom. The average Bonchev–Trinajstić information content (AvgIpc) is 3.33. The molecule has 8 heteroatoms. The van der Waals surface area contributed by atoms with Crippen molar-refractivity contribution in [2.75, 3.05) is 39.5 Å². The Labute approximate surface area is 209 Å². The van der Waals surface area contributed by atoms with Gasteiger partial charge in [-0.15, -0.1) is 11.8 Å². The third-order valence-corrected chi connectivity index (χ3v) is 8.03. The maximum absolute atomic E-state index is 13.5. The molecule has 0 spiro atoms. The van der Waals surface area contributed by atoms with Gasteiger partial charge in [0.05, 0.1) is 31.2 Å². The molecule has 35 heavy (non-hydrogen) atoms. The molecule has 0 aliphatic carbocycles. The third kappa shape index (κ3) is 4.63. The maximum Gasteiger partial charge on any atom is 0.274 e. The molecule has 1 N–H and O–H groups in total. The fraction of sp³-hybridized carbons (Fsp3) is 0.407. The van der Waals surface area contributed by atoms with Crippen LogP contribution in [0.2, 0.25) is 0 Å². The summed E-state index contributed by atoms with van der Waals surface area (Å²) in [5.41, 5.74) is 5.94. The van der Waals surface area contributed by atoms with E-state index in [4.69, 9.17) is 14.6 Å². The Morgan fingerprint density at radius 2 is 1.89 bits per heavy atom. The largest absolute Gasteiger partial charge is 0.380 e. The van der Waals surface area contributed by atoms with Gasteiger partial charge in [-0.05, 0) is 36.6 Å². The van der Waals surface area contributed by atoms with Crippen LogP contribution < -0.4 is 5.32 Å². The Kier molecular flexibility index (Phi) is 6.61. The number of hydrogen-bond acceptors (Lipinski definition) is 6. The van der Waals surface area contributed by atoms with E-state index >= 15 is 0 Å². The first kappa shape index (κ1) is 22.8. The van der Waals surface area contributed by atoms with Crippen molar-refractivity contribution in [3.63, 3.8) is 0 Å². The van der Waals surface area contributed by atoms with Crippen LogP contribution >= 0.6 is 11.8 Å². The van der Waals surface area contributed by atoms with Crippen LogP contribution in [-0.4, -0.2) is 66.1 Å². The number of rotatable bonds is 5. The molecule has 4 heterocycles. The Bertz CT molecular complexity index is 1200. The number of benzene rings is 2. The van der Waals surface area contributed by atoms with Gasteiger partial charge >= 0.3 is 0 Å². The van der Waals surface area contributed by atoms with E-state index in [9.17, 15) is 4.79 Å². The van der Waals surface area contributed by atoms with E-state index in [1.165, 1.54) is 10.5 Å². The standard InChI is InChI=1S/C27H30N4O3S/c32-27(30-11-14-33-15-12-30)25-23-18-35-24-6-2-1-5-22(24)26(23)31(29-25)21-9-7-19(8-10-21)16-28-20-4-3-13-34-17-20/h1-2,5-10,20,28H,3-4,11-18H2. The monoisotopic (exact) mass is 490 g/mol. The van der Waals surface area contributed by atoms with Gasteiger partial charge in [-0.1, -0.05) is 30.3 Å². The highest BCUT2D eigenvalue weighted by Crippen LogP contribution is 2.43. The molecule has 0 bridgehead atoms. The molecule has 6 rings (SSSR count). The lowest BCUT2D eigenvalue weighted by molar-refractivity contribution is 0.0298. The fourth-order valence-corrected chi connectivity index (χ4v) is 6.06. The Morgan fingerprint density at radius 3 is 2.69 bits per heavy atom. The summed E-state index contributed by atoms with van der Waals surface area (Å²) in [6.45, 7) is 4.85. The van der Waals surface area contributed by atoms with E-state index in [-0.39, 0.29) is 5.91 Å². The number of carbonyl (C=O) groups excluding carboxylic acids is 1. The molecule has 2 aromatic carbocycles. The first-order valence-corrected chi connectivity index (χ1v) is 13.4. The molecule has 182 valence electrons. The number of fused-ring (bicyclic) bond motifs is 3. The quantitative estimate of drug-likeness (QED) is 0.585. The molecule has 3 aliphatic rings. The second-order valence-corrected chi connectivity index (χ2v) is 10.3. The van der Waals surface area contributed by atoms with Crippen LogP contribution in [0.25, 0.3) is 16.9 Å². The number of hydrogen-bond donors (Lipinski definition) is 1. The zero-order valence-electron chi connectivity index (χ0n) is 19.7. The topological polar surface area (TPSA) is 68.6 Å².